The summed E-state index contributed by atoms with van der Waals surface area (Å²) >= 11 is 3.34. The van der Waals surface area contributed by atoms with Gasteiger partial charge in [-0.15, -0.1) is 0 Å². The first kappa shape index (κ1) is 9.55. The lowest BCUT2D eigenvalue weighted by Crippen LogP contribution is -1.93. The van der Waals surface area contributed by atoms with Crippen molar-refractivity contribution in [2.45, 2.75) is 13.5 Å². The summed E-state index contributed by atoms with van der Waals surface area (Å²) < 4.78 is 6.05. The maximum absolute atomic E-state index is 8.99. The number of hydrogen-bond acceptors (Lipinski definition) is 2. The number of aliphatic hydroxyl groups is 1. The molecule has 1 aromatic rings. The first-order valence-electron chi connectivity index (χ1n) is 3.63. The van der Waals surface area contributed by atoms with E-state index in [-0.39, 0.29) is 6.61 Å². The normalized spacial score (nSPS) is 10.0. The lowest BCUT2D eigenvalue weighted by Gasteiger charge is -2.08. The lowest BCUT2D eigenvalue weighted by molar-refractivity contribution is 0.280. The number of rotatable bonds is 2. The Morgan fingerprint density at radius 2 is 2.17 bits per heavy atom. The van der Waals surface area contributed by atoms with Crippen LogP contribution in [0.4, 0.5) is 0 Å². The van der Waals surface area contributed by atoms with Gasteiger partial charge in [0.2, 0.25) is 0 Å². The van der Waals surface area contributed by atoms with Gasteiger partial charge in [0, 0.05) is 4.47 Å². The highest BCUT2D eigenvalue weighted by atomic mass is 79.9. The van der Waals surface area contributed by atoms with Crippen LogP contribution in [-0.4, -0.2) is 12.2 Å². The van der Waals surface area contributed by atoms with E-state index in [1.54, 1.807) is 7.11 Å². The fourth-order valence-corrected chi connectivity index (χ4v) is 1.57. The molecule has 0 radical (unpaired) electrons. The van der Waals surface area contributed by atoms with E-state index in [4.69, 9.17) is 9.84 Å². The number of hydrogen-bond donors (Lipinski definition) is 1. The first-order chi connectivity index (χ1) is 5.69. The van der Waals surface area contributed by atoms with Gasteiger partial charge < -0.3 is 9.84 Å². The summed E-state index contributed by atoms with van der Waals surface area (Å²) in [6, 6.07) is 3.77. The van der Waals surface area contributed by atoms with Gasteiger partial charge in [0.25, 0.3) is 0 Å². The van der Waals surface area contributed by atoms with Crippen molar-refractivity contribution < 1.29 is 9.84 Å². The van der Waals surface area contributed by atoms with E-state index in [0.717, 1.165) is 21.3 Å². The molecule has 0 atom stereocenters. The monoisotopic (exact) mass is 230 g/mol. The molecule has 0 aliphatic heterocycles. The van der Waals surface area contributed by atoms with Gasteiger partial charge in [0.05, 0.1) is 13.7 Å². The molecule has 0 spiro atoms. The van der Waals surface area contributed by atoms with Crippen LogP contribution in [0.5, 0.6) is 5.75 Å². The van der Waals surface area contributed by atoms with Gasteiger partial charge in [0.1, 0.15) is 5.75 Å². The smallest absolute Gasteiger partial charge is 0.123 e. The Labute approximate surface area is 80.3 Å². The third-order valence-corrected chi connectivity index (χ3v) is 2.28. The molecular formula is C9H11BrO2. The zero-order valence-electron chi connectivity index (χ0n) is 7.10. The maximum atomic E-state index is 8.99. The molecule has 0 bridgehead atoms. The molecule has 0 amide bonds. The van der Waals surface area contributed by atoms with E-state index in [1.165, 1.54) is 0 Å². The van der Waals surface area contributed by atoms with Gasteiger partial charge in [-0.05, 0) is 30.2 Å². The van der Waals surface area contributed by atoms with Crippen molar-refractivity contribution in [1.82, 2.24) is 0 Å². The van der Waals surface area contributed by atoms with E-state index in [9.17, 15) is 0 Å². The maximum Gasteiger partial charge on any atom is 0.123 e. The fraction of sp³-hybridized carbons (Fsp3) is 0.333. The van der Waals surface area contributed by atoms with Crippen molar-refractivity contribution in [2.75, 3.05) is 7.11 Å². The third kappa shape index (κ3) is 1.79. The van der Waals surface area contributed by atoms with Crippen LogP contribution in [0.15, 0.2) is 16.6 Å². The Kier molecular flexibility index (Phi) is 3.12. The van der Waals surface area contributed by atoms with Crippen LogP contribution in [0.25, 0.3) is 0 Å². The van der Waals surface area contributed by atoms with Crippen LogP contribution in [0.3, 0.4) is 0 Å². The van der Waals surface area contributed by atoms with Crippen LogP contribution >= 0.6 is 15.9 Å². The second-order valence-corrected chi connectivity index (χ2v) is 3.47. The molecule has 1 rings (SSSR count). The zero-order valence-corrected chi connectivity index (χ0v) is 8.68. The van der Waals surface area contributed by atoms with Crippen LogP contribution < -0.4 is 4.74 Å². The molecule has 0 saturated carbocycles. The van der Waals surface area contributed by atoms with Gasteiger partial charge in [-0.1, -0.05) is 15.9 Å². The van der Waals surface area contributed by atoms with Crippen LogP contribution in [-0.2, 0) is 6.61 Å². The predicted octanol–water partition coefficient (Wildman–Crippen LogP) is 2.26. The van der Waals surface area contributed by atoms with E-state index in [1.807, 2.05) is 19.1 Å². The second kappa shape index (κ2) is 3.92. The summed E-state index contributed by atoms with van der Waals surface area (Å²) in [6.45, 7) is 1.97. The number of methoxy groups -OCH3 is 1. The minimum absolute atomic E-state index is 0.0433. The number of halogens is 1. The molecule has 0 aromatic heterocycles. The fourth-order valence-electron chi connectivity index (χ4n) is 1.08. The Morgan fingerprint density at radius 3 is 2.67 bits per heavy atom. The first-order valence-corrected chi connectivity index (χ1v) is 4.42. The average molecular weight is 231 g/mol. The largest absolute Gasteiger partial charge is 0.496 e. The summed E-state index contributed by atoms with van der Waals surface area (Å²) in [5.74, 6) is 0.799. The molecule has 1 aromatic carbocycles. The molecule has 2 nitrogen and oxygen atoms in total. The van der Waals surface area contributed by atoms with E-state index in [0.29, 0.717) is 0 Å². The van der Waals surface area contributed by atoms with Crippen molar-refractivity contribution >= 4 is 15.9 Å². The molecule has 3 heteroatoms. The molecule has 0 unspecified atom stereocenters. The molecule has 0 aliphatic carbocycles. The standard InChI is InChI=1S/C9H11BrO2/c1-6-7(5-11)3-8(10)4-9(6)12-2/h3-4,11H,5H2,1-2H3. The van der Waals surface area contributed by atoms with Crippen LogP contribution in [0.1, 0.15) is 11.1 Å². The molecule has 12 heavy (non-hydrogen) atoms. The number of benzene rings is 1. The van der Waals surface area contributed by atoms with Gasteiger partial charge in [-0.2, -0.15) is 0 Å². The predicted molar refractivity (Wildman–Crippen MR) is 51.4 cm³/mol. The van der Waals surface area contributed by atoms with Crippen molar-refractivity contribution in [1.29, 1.82) is 0 Å². The lowest BCUT2D eigenvalue weighted by atomic mass is 10.1. The zero-order chi connectivity index (χ0) is 9.14. The molecular weight excluding hydrogens is 220 g/mol. The van der Waals surface area contributed by atoms with Crippen LogP contribution in [0, 0.1) is 6.92 Å². The second-order valence-electron chi connectivity index (χ2n) is 2.55. The number of ether oxygens (including phenoxy) is 1. The minimum Gasteiger partial charge on any atom is -0.496 e. The number of aliphatic hydroxyl groups excluding tert-OH is 1. The SMILES string of the molecule is COc1cc(Br)cc(CO)c1C. The third-order valence-electron chi connectivity index (χ3n) is 1.82. The average Bonchev–Trinajstić information content (AvgIpc) is 2.08. The van der Waals surface area contributed by atoms with Crippen LogP contribution in [0.2, 0.25) is 0 Å². The Morgan fingerprint density at radius 1 is 1.50 bits per heavy atom. The quantitative estimate of drug-likeness (QED) is 0.845. The highest BCUT2D eigenvalue weighted by Crippen LogP contribution is 2.26. The van der Waals surface area contributed by atoms with Gasteiger partial charge >= 0.3 is 0 Å². The summed E-state index contributed by atoms with van der Waals surface area (Å²) in [6.07, 6.45) is 0. The Bertz CT molecular complexity index is 259. The minimum atomic E-state index is 0.0433. The van der Waals surface area contributed by atoms with Gasteiger partial charge in [-0.25, -0.2) is 0 Å². The molecule has 0 saturated heterocycles. The summed E-state index contributed by atoms with van der Waals surface area (Å²) in [5.41, 5.74) is 1.88. The highest BCUT2D eigenvalue weighted by molar-refractivity contribution is 9.10. The van der Waals surface area contributed by atoms with E-state index < -0.39 is 0 Å². The topological polar surface area (TPSA) is 29.5 Å². The molecule has 0 fully saturated rings. The molecule has 0 heterocycles. The summed E-state index contributed by atoms with van der Waals surface area (Å²) in [5, 5.41) is 8.99. The Hall–Kier alpha value is -0.540. The van der Waals surface area contributed by atoms with Crippen molar-refractivity contribution in [2.24, 2.45) is 0 Å². The molecule has 66 valence electrons. The summed E-state index contributed by atoms with van der Waals surface area (Å²) in [4.78, 5) is 0. The van der Waals surface area contributed by atoms with Gasteiger partial charge in [0.15, 0.2) is 0 Å². The highest BCUT2D eigenvalue weighted by Gasteiger charge is 2.04. The Balaban J connectivity index is 3.22. The van der Waals surface area contributed by atoms with Crippen molar-refractivity contribution in [3.63, 3.8) is 0 Å². The van der Waals surface area contributed by atoms with Crippen molar-refractivity contribution in [3.8, 4) is 5.75 Å². The van der Waals surface area contributed by atoms with Crippen molar-refractivity contribution in [3.05, 3.63) is 27.7 Å². The van der Waals surface area contributed by atoms with E-state index in [2.05, 4.69) is 15.9 Å². The molecule has 0 aliphatic rings. The van der Waals surface area contributed by atoms with Gasteiger partial charge in [-0.3, -0.25) is 0 Å². The molecule has 1 N–H and O–H groups in total. The van der Waals surface area contributed by atoms with E-state index >= 15 is 0 Å². The summed E-state index contributed by atoms with van der Waals surface area (Å²) in [7, 11) is 1.62.